The zero-order valence-electron chi connectivity index (χ0n) is 11.3. The number of aromatic nitrogens is 4. The van der Waals surface area contributed by atoms with Gasteiger partial charge in [0.1, 0.15) is 6.04 Å². The second kappa shape index (κ2) is 5.64. The molecule has 19 heavy (non-hydrogen) atoms. The van der Waals surface area contributed by atoms with Crippen LogP contribution in [0, 0.1) is 6.92 Å². The molecule has 0 bridgehead atoms. The third-order valence-corrected chi connectivity index (χ3v) is 2.90. The van der Waals surface area contributed by atoms with Crippen LogP contribution >= 0.6 is 0 Å². The van der Waals surface area contributed by atoms with Crippen molar-refractivity contribution in [2.24, 2.45) is 0 Å². The predicted octanol–water partition coefficient (Wildman–Crippen LogP) is 0.837. The molecular formula is C12H17N5O2. The summed E-state index contributed by atoms with van der Waals surface area (Å²) in [6.45, 7) is 4.11. The second-order valence-corrected chi connectivity index (χ2v) is 4.40. The van der Waals surface area contributed by atoms with Crippen molar-refractivity contribution in [1.82, 2.24) is 24.8 Å². The first kappa shape index (κ1) is 13.3. The fourth-order valence-corrected chi connectivity index (χ4v) is 1.76. The lowest BCUT2D eigenvalue weighted by Gasteiger charge is -2.20. The first-order chi connectivity index (χ1) is 9.08. The van der Waals surface area contributed by atoms with Gasteiger partial charge in [-0.3, -0.25) is 9.48 Å². The number of amides is 1. The number of likely N-dealkylation sites (N-methyl/N-ethyl adjacent to an activating group) is 1. The Morgan fingerprint density at radius 3 is 2.95 bits per heavy atom. The van der Waals surface area contributed by atoms with Crippen LogP contribution in [0.15, 0.2) is 23.0 Å². The van der Waals surface area contributed by atoms with E-state index in [1.54, 1.807) is 42.0 Å². The van der Waals surface area contributed by atoms with Gasteiger partial charge in [-0.15, -0.1) is 0 Å². The van der Waals surface area contributed by atoms with E-state index in [1.165, 1.54) is 0 Å². The molecule has 0 spiro atoms. The lowest BCUT2D eigenvalue weighted by molar-refractivity contribution is -0.133. The molecule has 102 valence electrons. The molecule has 7 heteroatoms. The maximum absolute atomic E-state index is 12.2. The number of aryl methyl sites for hydroxylation is 1. The van der Waals surface area contributed by atoms with Gasteiger partial charge in [0, 0.05) is 39.3 Å². The molecule has 1 unspecified atom stereocenters. The van der Waals surface area contributed by atoms with Crippen molar-refractivity contribution in [3.8, 4) is 0 Å². The van der Waals surface area contributed by atoms with Crippen molar-refractivity contribution in [3.63, 3.8) is 0 Å². The van der Waals surface area contributed by atoms with Crippen LogP contribution in [0.5, 0.6) is 0 Å². The monoisotopic (exact) mass is 263 g/mol. The van der Waals surface area contributed by atoms with Gasteiger partial charge in [-0.1, -0.05) is 5.16 Å². The van der Waals surface area contributed by atoms with Crippen molar-refractivity contribution in [2.45, 2.75) is 26.3 Å². The number of carbonyl (C=O) groups excluding carboxylic acids is 1. The van der Waals surface area contributed by atoms with Gasteiger partial charge in [0.2, 0.25) is 11.8 Å². The Hall–Kier alpha value is -2.18. The third kappa shape index (κ3) is 3.18. The van der Waals surface area contributed by atoms with Crippen LogP contribution in [0.3, 0.4) is 0 Å². The van der Waals surface area contributed by atoms with E-state index in [1.807, 2.05) is 6.92 Å². The molecule has 0 aliphatic rings. The van der Waals surface area contributed by atoms with Gasteiger partial charge in [0.05, 0.1) is 0 Å². The Morgan fingerprint density at radius 2 is 2.37 bits per heavy atom. The van der Waals surface area contributed by atoms with E-state index in [2.05, 4.69) is 15.2 Å². The average Bonchev–Trinajstić information content (AvgIpc) is 3.05. The van der Waals surface area contributed by atoms with Crippen molar-refractivity contribution >= 4 is 5.91 Å². The molecule has 2 aromatic heterocycles. The van der Waals surface area contributed by atoms with Gasteiger partial charge in [0.15, 0.2) is 5.82 Å². The molecule has 2 aromatic rings. The minimum atomic E-state index is -0.313. The molecule has 0 aliphatic heterocycles. The van der Waals surface area contributed by atoms with Crippen LogP contribution in [-0.4, -0.2) is 44.3 Å². The quantitative estimate of drug-likeness (QED) is 0.798. The SMILES string of the molecule is Cc1nc(CCN(C)C(=O)C(C)n2cccn2)no1. The van der Waals surface area contributed by atoms with E-state index >= 15 is 0 Å². The lowest BCUT2D eigenvalue weighted by Crippen LogP contribution is -2.34. The summed E-state index contributed by atoms with van der Waals surface area (Å²) in [5.74, 6) is 1.15. The average molecular weight is 263 g/mol. The van der Waals surface area contributed by atoms with Crippen LogP contribution < -0.4 is 0 Å². The summed E-state index contributed by atoms with van der Waals surface area (Å²) in [5, 5.41) is 7.87. The van der Waals surface area contributed by atoms with Crippen LogP contribution in [0.4, 0.5) is 0 Å². The Kier molecular flexibility index (Phi) is 3.94. The highest BCUT2D eigenvalue weighted by Crippen LogP contribution is 2.08. The molecule has 0 saturated heterocycles. The minimum Gasteiger partial charge on any atom is -0.343 e. The molecule has 0 fully saturated rings. The van der Waals surface area contributed by atoms with Crippen LogP contribution in [-0.2, 0) is 11.2 Å². The smallest absolute Gasteiger partial charge is 0.246 e. The van der Waals surface area contributed by atoms with Crippen LogP contribution in [0.25, 0.3) is 0 Å². The third-order valence-electron chi connectivity index (χ3n) is 2.90. The van der Waals surface area contributed by atoms with Crippen molar-refractivity contribution in [1.29, 1.82) is 0 Å². The van der Waals surface area contributed by atoms with E-state index in [0.29, 0.717) is 24.7 Å². The summed E-state index contributed by atoms with van der Waals surface area (Å²) in [6, 6.07) is 1.48. The Labute approximate surface area is 111 Å². The maximum Gasteiger partial charge on any atom is 0.246 e. The fraction of sp³-hybridized carbons (Fsp3) is 0.500. The van der Waals surface area contributed by atoms with Crippen molar-refractivity contribution in [3.05, 3.63) is 30.2 Å². The Bertz CT molecular complexity index is 534. The van der Waals surface area contributed by atoms with Gasteiger partial charge in [-0.2, -0.15) is 10.1 Å². The normalized spacial score (nSPS) is 12.4. The first-order valence-corrected chi connectivity index (χ1v) is 6.11. The Balaban J connectivity index is 1.89. The summed E-state index contributed by atoms with van der Waals surface area (Å²) < 4.78 is 6.52. The molecule has 0 aromatic carbocycles. The summed E-state index contributed by atoms with van der Waals surface area (Å²) in [4.78, 5) is 17.9. The van der Waals surface area contributed by atoms with E-state index in [-0.39, 0.29) is 11.9 Å². The van der Waals surface area contributed by atoms with Crippen LogP contribution in [0.1, 0.15) is 24.7 Å². The maximum atomic E-state index is 12.2. The largest absolute Gasteiger partial charge is 0.343 e. The number of nitrogens with zero attached hydrogens (tertiary/aromatic N) is 5. The topological polar surface area (TPSA) is 77.1 Å². The van der Waals surface area contributed by atoms with E-state index < -0.39 is 0 Å². The molecule has 7 nitrogen and oxygen atoms in total. The first-order valence-electron chi connectivity index (χ1n) is 6.11. The molecule has 1 amide bonds. The van der Waals surface area contributed by atoms with Gasteiger partial charge in [0.25, 0.3) is 0 Å². The van der Waals surface area contributed by atoms with Crippen LogP contribution in [0.2, 0.25) is 0 Å². The highest BCUT2D eigenvalue weighted by Gasteiger charge is 2.19. The predicted molar refractivity (Wildman–Crippen MR) is 67.3 cm³/mol. The Morgan fingerprint density at radius 1 is 1.58 bits per heavy atom. The zero-order chi connectivity index (χ0) is 13.8. The van der Waals surface area contributed by atoms with E-state index in [9.17, 15) is 4.79 Å². The summed E-state index contributed by atoms with van der Waals surface area (Å²) in [7, 11) is 1.76. The molecule has 0 radical (unpaired) electrons. The number of hydrogen-bond acceptors (Lipinski definition) is 5. The van der Waals surface area contributed by atoms with E-state index in [0.717, 1.165) is 0 Å². The molecule has 0 saturated carbocycles. The number of carbonyl (C=O) groups is 1. The van der Waals surface area contributed by atoms with Gasteiger partial charge >= 0.3 is 0 Å². The summed E-state index contributed by atoms with van der Waals surface area (Å²) >= 11 is 0. The lowest BCUT2D eigenvalue weighted by atomic mass is 10.3. The molecule has 0 aliphatic carbocycles. The summed E-state index contributed by atoms with van der Waals surface area (Å²) in [5.41, 5.74) is 0. The number of rotatable bonds is 5. The summed E-state index contributed by atoms with van der Waals surface area (Å²) in [6.07, 6.45) is 4.01. The zero-order valence-corrected chi connectivity index (χ0v) is 11.3. The molecule has 2 heterocycles. The fourth-order valence-electron chi connectivity index (χ4n) is 1.76. The van der Waals surface area contributed by atoms with Gasteiger partial charge in [-0.05, 0) is 13.0 Å². The highest BCUT2D eigenvalue weighted by atomic mass is 16.5. The number of hydrogen-bond donors (Lipinski definition) is 0. The molecular weight excluding hydrogens is 246 g/mol. The standard InChI is InChI=1S/C12H17N5O2/c1-9(17-7-4-6-13-17)12(18)16(3)8-5-11-14-10(2)19-15-11/h4,6-7,9H,5,8H2,1-3H3. The second-order valence-electron chi connectivity index (χ2n) is 4.40. The highest BCUT2D eigenvalue weighted by molar-refractivity contribution is 5.79. The van der Waals surface area contributed by atoms with Gasteiger partial charge < -0.3 is 9.42 Å². The van der Waals surface area contributed by atoms with Gasteiger partial charge in [-0.25, -0.2) is 0 Å². The molecule has 2 rings (SSSR count). The molecule has 1 atom stereocenters. The van der Waals surface area contributed by atoms with E-state index in [4.69, 9.17) is 4.52 Å². The minimum absolute atomic E-state index is 0.00363. The molecule has 0 N–H and O–H groups in total. The van der Waals surface area contributed by atoms with Crippen molar-refractivity contribution in [2.75, 3.05) is 13.6 Å². The van der Waals surface area contributed by atoms with Crippen molar-refractivity contribution < 1.29 is 9.32 Å².